The molecule has 0 aliphatic carbocycles. The molecule has 4 amide bonds. The van der Waals surface area contributed by atoms with Crippen LogP contribution in [0.25, 0.3) is 6.08 Å². The minimum Gasteiger partial charge on any atom is -0.493 e. The number of aromatic carboxylic acids is 1. The molecule has 0 radical (unpaired) electrons. The zero-order chi connectivity index (χ0) is 25.8. The number of ether oxygens (including phenoxy) is 2. The number of carbonyl (C=O) groups is 4. The molecule has 0 atom stereocenters. The molecule has 182 valence electrons. The summed E-state index contributed by atoms with van der Waals surface area (Å²) in [6.45, 7) is 0.326. The number of barbiturate groups is 1. The van der Waals surface area contributed by atoms with Crippen molar-refractivity contribution in [1.82, 2.24) is 5.32 Å². The molecule has 10 heteroatoms. The van der Waals surface area contributed by atoms with Gasteiger partial charge in [0.2, 0.25) is 0 Å². The molecule has 4 rings (SSSR count). The number of anilines is 1. The SMILES string of the molecule is COc1cc(/C=C2\C(=O)NC(=O)N(c3ccc(C(=O)O)cc3)C2=O)cc(I)c1OCc1ccccc1. The topological polar surface area (TPSA) is 122 Å². The predicted molar refractivity (Wildman–Crippen MR) is 139 cm³/mol. The molecule has 0 aromatic heterocycles. The lowest BCUT2D eigenvalue weighted by Gasteiger charge is -2.26. The van der Waals surface area contributed by atoms with Crippen LogP contribution in [0, 0.1) is 3.57 Å². The van der Waals surface area contributed by atoms with Crippen molar-refractivity contribution < 1.29 is 33.8 Å². The molecule has 1 aliphatic rings. The molecule has 9 nitrogen and oxygen atoms in total. The first-order valence-corrected chi connectivity index (χ1v) is 11.7. The maximum atomic E-state index is 13.1. The Morgan fingerprint density at radius 3 is 2.39 bits per heavy atom. The summed E-state index contributed by atoms with van der Waals surface area (Å²) in [5, 5.41) is 11.2. The number of nitrogens with one attached hydrogen (secondary N) is 1. The number of hydrogen-bond acceptors (Lipinski definition) is 6. The van der Waals surface area contributed by atoms with Crippen LogP contribution in [0.3, 0.4) is 0 Å². The summed E-state index contributed by atoms with van der Waals surface area (Å²) in [6.07, 6.45) is 1.36. The summed E-state index contributed by atoms with van der Waals surface area (Å²) in [5.41, 5.74) is 1.31. The van der Waals surface area contributed by atoms with Gasteiger partial charge >= 0.3 is 12.0 Å². The quantitative estimate of drug-likeness (QED) is 0.237. The minimum absolute atomic E-state index is 0.00768. The van der Waals surface area contributed by atoms with Gasteiger partial charge in [0.05, 0.1) is 21.9 Å². The van der Waals surface area contributed by atoms with Crippen molar-refractivity contribution >= 4 is 58.2 Å². The van der Waals surface area contributed by atoms with Gasteiger partial charge < -0.3 is 14.6 Å². The third kappa shape index (κ3) is 5.23. The van der Waals surface area contributed by atoms with Gasteiger partial charge in [-0.1, -0.05) is 30.3 Å². The molecule has 1 saturated heterocycles. The number of methoxy groups -OCH3 is 1. The van der Waals surface area contributed by atoms with E-state index in [9.17, 15) is 19.2 Å². The van der Waals surface area contributed by atoms with Gasteiger partial charge in [0.1, 0.15) is 12.2 Å². The second kappa shape index (κ2) is 10.6. The summed E-state index contributed by atoms with van der Waals surface area (Å²) in [4.78, 5) is 49.9. The van der Waals surface area contributed by atoms with Gasteiger partial charge in [-0.15, -0.1) is 0 Å². The minimum atomic E-state index is -1.15. The monoisotopic (exact) mass is 598 g/mol. The Balaban J connectivity index is 1.63. The van der Waals surface area contributed by atoms with Crippen LogP contribution in [0.4, 0.5) is 10.5 Å². The van der Waals surface area contributed by atoms with Crippen LogP contribution in [0.15, 0.2) is 72.3 Å². The van der Waals surface area contributed by atoms with E-state index in [-0.39, 0.29) is 16.8 Å². The van der Waals surface area contributed by atoms with Gasteiger partial charge in [-0.2, -0.15) is 0 Å². The summed E-state index contributed by atoms with van der Waals surface area (Å²) in [5.74, 6) is -1.91. The highest BCUT2D eigenvalue weighted by Crippen LogP contribution is 2.35. The van der Waals surface area contributed by atoms with Crippen molar-refractivity contribution in [2.45, 2.75) is 6.61 Å². The van der Waals surface area contributed by atoms with Crippen LogP contribution >= 0.6 is 22.6 Å². The molecule has 2 N–H and O–H groups in total. The van der Waals surface area contributed by atoms with Gasteiger partial charge in [0, 0.05) is 0 Å². The van der Waals surface area contributed by atoms with Crippen LogP contribution < -0.4 is 19.7 Å². The largest absolute Gasteiger partial charge is 0.493 e. The fraction of sp³-hybridized carbons (Fsp3) is 0.0769. The number of urea groups is 1. The van der Waals surface area contributed by atoms with E-state index < -0.39 is 23.8 Å². The van der Waals surface area contributed by atoms with E-state index >= 15 is 0 Å². The molecular formula is C26H19IN2O7. The van der Waals surface area contributed by atoms with Crippen LogP contribution in [-0.2, 0) is 16.2 Å². The Morgan fingerprint density at radius 1 is 1.06 bits per heavy atom. The Labute approximate surface area is 219 Å². The van der Waals surface area contributed by atoms with E-state index in [0.717, 1.165) is 10.5 Å². The Hall–Kier alpha value is -4.19. The first kappa shape index (κ1) is 24.9. The summed E-state index contributed by atoms with van der Waals surface area (Å²) < 4.78 is 12.1. The smallest absolute Gasteiger partial charge is 0.335 e. The first-order valence-electron chi connectivity index (χ1n) is 10.6. The van der Waals surface area contributed by atoms with Gasteiger partial charge in [-0.25, -0.2) is 14.5 Å². The number of benzene rings is 3. The second-order valence-corrected chi connectivity index (χ2v) is 8.78. The molecule has 3 aromatic carbocycles. The van der Waals surface area contributed by atoms with Gasteiger partial charge in [-0.05, 0) is 76.2 Å². The number of carboxylic acids is 1. The van der Waals surface area contributed by atoms with Crippen LogP contribution in [-0.4, -0.2) is 36.0 Å². The highest BCUT2D eigenvalue weighted by Gasteiger charge is 2.37. The van der Waals surface area contributed by atoms with E-state index in [4.69, 9.17) is 14.6 Å². The fourth-order valence-corrected chi connectivity index (χ4v) is 4.29. The number of rotatable bonds is 7. The molecule has 36 heavy (non-hydrogen) atoms. The molecular weight excluding hydrogens is 579 g/mol. The van der Waals surface area contributed by atoms with Gasteiger partial charge in [0.15, 0.2) is 11.5 Å². The molecule has 0 saturated carbocycles. The summed E-state index contributed by atoms with van der Waals surface area (Å²) >= 11 is 2.08. The zero-order valence-electron chi connectivity index (χ0n) is 18.9. The molecule has 1 aliphatic heterocycles. The lowest BCUT2D eigenvalue weighted by molar-refractivity contribution is -0.122. The first-order chi connectivity index (χ1) is 17.3. The average Bonchev–Trinajstić information content (AvgIpc) is 2.86. The lowest BCUT2D eigenvalue weighted by Crippen LogP contribution is -2.54. The number of halogens is 1. The molecule has 1 fully saturated rings. The number of amides is 4. The van der Waals surface area contributed by atoms with Crippen LogP contribution in [0.2, 0.25) is 0 Å². The van der Waals surface area contributed by atoms with Crippen LogP contribution in [0.1, 0.15) is 21.5 Å². The lowest BCUT2D eigenvalue weighted by atomic mass is 10.1. The van der Waals surface area contributed by atoms with Gasteiger partial charge in [0.25, 0.3) is 11.8 Å². The fourth-order valence-electron chi connectivity index (χ4n) is 3.50. The molecule has 1 heterocycles. The third-order valence-electron chi connectivity index (χ3n) is 5.26. The maximum Gasteiger partial charge on any atom is 0.335 e. The molecule has 0 spiro atoms. The third-order valence-corrected chi connectivity index (χ3v) is 6.06. The number of carbonyl (C=O) groups excluding carboxylic acids is 3. The van der Waals surface area contributed by atoms with E-state index in [1.165, 1.54) is 37.5 Å². The normalized spacial score (nSPS) is 14.6. The maximum absolute atomic E-state index is 13.1. The summed E-state index contributed by atoms with van der Waals surface area (Å²) in [7, 11) is 1.48. The summed E-state index contributed by atoms with van der Waals surface area (Å²) in [6, 6.07) is 17.2. The van der Waals surface area contributed by atoms with Crippen molar-refractivity contribution in [1.29, 1.82) is 0 Å². The standard InChI is InChI=1S/C26H19IN2O7/c1-35-21-13-16(12-20(27)22(21)36-14-15-5-3-2-4-6-15)11-19-23(30)28-26(34)29(24(19)31)18-9-7-17(8-10-18)25(32)33/h2-13H,14H2,1H3,(H,32,33)(H,28,30,34)/b19-11+. The highest BCUT2D eigenvalue weighted by molar-refractivity contribution is 14.1. The van der Waals surface area contributed by atoms with E-state index in [1.54, 1.807) is 12.1 Å². The highest BCUT2D eigenvalue weighted by atomic mass is 127. The average molecular weight is 598 g/mol. The van der Waals surface area contributed by atoms with Crippen molar-refractivity contribution in [3.63, 3.8) is 0 Å². The van der Waals surface area contributed by atoms with Crippen molar-refractivity contribution in [3.8, 4) is 11.5 Å². The Bertz CT molecular complexity index is 1390. The van der Waals surface area contributed by atoms with Crippen molar-refractivity contribution in [3.05, 3.63) is 92.6 Å². The van der Waals surface area contributed by atoms with E-state index in [1.807, 2.05) is 30.3 Å². The zero-order valence-corrected chi connectivity index (χ0v) is 21.0. The molecule has 0 unspecified atom stereocenters. The van der Waals surface area contributed by atoms with E-state index in [2.05, 4.69) is 27.9 Å². The predicted octanol–water partition coefficient (Wildman–Crippen LogP) is 4.24. The van der Waals surface area contributed by atoms with Crippen molar-refractivity contribution in [2.24, 2.45) is 0 Å². The van der Waals surface area contributed by atoms with Crippen LogP contribution in [0.5, 0.6) is 11.5 Å². The second-order valence-electron chi connectivity index (χ2n) is 7.62. The van der Waals surface area contributed by atoms with E-state index in [0.29, 0.717) is 27.2 Å². The number of nitrogens with zero attached hydrogens (tertiary/aromatic N) is 1. The van der Waals surface area contributed by atoms with Crippen molar-refractivity contribution in [2.75, 3.05) is 12.0 Å². The Morgan fingerprint density at radius 2 is 1.75 bits per heavy atom. The molecule has 0 bridgehead atoms. The Kier molecular flexibility index (Phi) is 7.34. The number of carboxylic acid groups (broad SMARTS) is 1. The number of hydrogen-bond donors (Lipinski definition) is 2. The number of imide groups is 2. The molecule has 3 aromatic rings. The van der Waals surface area contributed by atoms with Gasteiger partial charge in [-0.3, -0.25) is 14.9 Å².